The highest BCUT2D eigenvalue weighted by Crippen LogP contribution is 2.34. The van der Waals surface area contributed by atoms with Gasteiger partial charge in [-0.2, -0.15) is 0 Å². The lowest BCUT2D eigenvalue weighted by Crippen LogP contribution is -2.16. The number of carbonyl (C=O) groups excluding carboxylic acids is 1. The van der Waals surface area contributed by atoms with Crippen LogP contribution >= 0.6 is 0 Å². The molecule has 120 valence electrons. The number of ether oxygens (including phenoxy) is 2. The molecule has 23 heavy (non-hydrogen) atoms. The molecule has 0 aliphatic carbocycles. The number of benzene rings is 2. The largest absolute Gasteiger partial charge is 0.454 e. The van der Waals surface area contributed by atoms with E-state index in [9.17, 15) is 4.79 Å². The van der Waals surface area contributed by atoms with Gasteiger partial charge in [0.15, 0.2) is 11.5 Å². The summed E-state index contributed by atoms with van der Waals surface area (Å²) in [5.74, 6) is 1.47. The number of amides is 1. The smallest absolute Gasteiger partial charge is 0.231 e. The summed E-state index contributed by atoms with van der Waals surface area (Å²) in [6, 6.07) is 13.6. The third-order valence-electron chi connectivity index (χ3n) is 3.70. The fourth-order valence-corrected chi connectivity index (χ4v) is 2.37. The molecule has 0 saturated heterocycles. The summed E-state index contributed by atoms with van der Waals surface area (Å²) >= 11 is 0. The topological polar surface area (TPSA) is 59.6 Å². The molecule has 1 aliphatic heterocycles. The molecule has 0 saturated carbocycles. The quantitative estimate of drug-likeness (QED) is 0.858. The number of rotatable bonds is 6. The minimum absolute atomic E-state index is 0.0116. The Balaban J connectivity index is 1.45. The lowest BCUT2D eigenvalue weighted by Gasteiger charge is -2.08. The van der Waals surface area contributed by atoms with Crippen molar-refractivity contribution in [2.45, 2.75) is 19.8 Å². The average molecular weight is 312 g/mol. The molecular weight excluding hydrogens is 292 g/mol. The van der Waals surface area contributed by atoms with Gasteiger partial charge in [0.1, 0.15) is 0 Å². The number of nitrogens with one attached hydrogen (secondary N) is 2. The molecule has 0 atom stereocenters. The van der Waals surface area contributed by atoms with Gasteiger partial charge in [-0.25, -0.2) is 0 Å². The van der Waals surface area contributed by atoms with Gasteiger partial charge >= 0.3 is 0 Å². The van der Waals surface area contributed by atoms with Crippen LogP contribution in [-0.2, 0) is 11.2 Å². The van der Waals surface area contributed by atoms with Gasteiger partial charge in [-0.05, 0) is 36.2 Å². The van der Waals surface area contributed by atoms with Crippen LogP contribution in [0.15, 0.2) is 42.5 Å². The molecule has 2 aromatic carbocycles. The summed E-state index contributed by atoms with van der Waals surface area (Å²) in [5, 5.41) is 6.11. The summed E-state index contributed by atoms with van der Waals surface area (Å²) in [6.45, 7) is 2.92. The standard InChI is InChI=1S/C18H20N2O3/c1-2-13-3-5-14(6-4-13)20-18(21)9-10-19-15-7-8-16-17(11-15)23-12-22-16/h3-8,11,19H,2,9-10,12H2,1H3,(H,20,21). The second kappa shape index (κ2) is 7.05. The molecule has 5 heteroatoms. The van der Waals surface area contributed by atoms with Crippen molar-refractivity contribution in [2.24, 2.45) is 0 Å². The van der Waals surface area contributed by atoms with Crippen molar-refractivity contribution < 1.29 is 14.3 Å². The zero-order valence-corrected chi connectivity index (χ0v) is 13.1. The Morgan fingerprint density at radius 2 is 1.78 bits per heavy atom. The Bertz CT molecular complexity index is 683. The Hall–Kier alpha value is -2.69. The van der Waals surface area contributed by atoms with Gasteiger partial charge < -0.3 is 20.1 Å². The minimum Gasteiger partial charge on any atom is -0.454 e. The number of fused-ring (bicyclic) bond motifs is 1. The molecule has 5 nitrogen and oxygen atoms in total. The first-order chi connectivity index (χ1) is 11.2. The molecule has 0 unspecified atom stereocenters. The van der Waals surface area contributed by atoms with Gasteiger partial charge in [0.2, 0.25) is 12.7 Å². The fourth-order valence-electron chi connectivity index (χ4n) is 2.37. The van der Waals surface area contributed by atoms with Gasteiger partial charge in [0, 0.05) is 30.4 Å². The first kappa shape index (κ1) is 15.2. The second-order valence-corrected chi connectivity index (χ2v) is 5.34. The maximum absolute atomic E-state index is 11.9. The summed E-state index contributed by atoms with van der Waals surface area (Å²) in [4.78, 5) is 11.9. The molecule has 0 radical (unpaired) electrons. The van der Waals surface area contributed by atoms with Crippen molar-refractivity contribution >= 4 is 17.3 Å². The molecular formula is C18H20N2O3. The van der Waals surface area contributed by atoms with Crippen molar-refractivity contribution in [3.8, 4) is 11.5 Å². The van der Waals surface area contributed by atoms with Crippen LogP contribution in [-0.4, -0.2) is 19.2 Å². The van der Waals surface area contributed by atoms with E-state index in [1.165, 1.54) is 5.56 Å². The van der Waals surface area contributed by atoms with Gasteiger partial charge in [0.05, 0.1) is 0 Å². The van der Waals surface area contributed by atoms with E-state index in [1.54, 1.807) is 0 Å². The zero-order chi connectivity index (χ0) is 16.1. The highest BCUT2D eigenvalue weighted by atomic mass is 16.7. The Morgan fingerprint density at radius 3 is 2.57 bits per heavy atom. The molecule has 2 aromatic rings. The number of carbonyl (C=O) groups is 1. The number of hydrogen-bond donors (Lipinski definition) is 2. The van der Waals surface area contributed by atoms with E-state index in [2.05, 4.69) is 17.6 Å². The summed E-state index contributed by atoms with van der Waals surface area (Å²) < 4.78 is 10.6. The molecule has 0 spiro atoms. The van der Waals surface area contributed by atoms with Crippen LogP contribution in [0, 0.1) is 0 Å². The summed E-state index contributed by atoms with van der Waals surface area (Å²) in [7, 11) is 0. The molecule has 1 amide bonds. The molecule has 2 N–H and O–H groups in total. The van der Waals surface area contributed by atoms with Crippen molar-refractivity contribution in [1.82, 2.24) is 0 Å². The van der Waals surface area contributed by atoms with Crippen LogP contribution in [0.25, 0.3) is 0 Å². The van der Waals surface area contributed by atoms with E-state index in [0.29, 0.717) is 13.0 Å². The van der Waals surface area contributed by atoms with Gasteiger partial charge in [-0.15, -0.1) is 0 Å². The molecule has 1 heterocycles. The number of aryl methyl sites for hydroxylation is 1. The molecule has 0 fully saturated rings. The molecule has 0 bridgehead atoms. The average Bonchev–Trinajstić information content (AvgIpc) is 3.03. The first-order valence-corrected chi connectivity index (χ1v) is 7.77. The lowest BCUT2D eigenvalue weighted by atomic mass is 10.1. The second-order valence-electron chi connectivity index (χ2n) is 5.34. The Kier molecular flexibility index (Phi) is 4.66. The van der Waals surface area contributed by atoms with E-state index in [1.807, 2.05) is 42.5 Å². The van der Waals surface area contributed by atoms with Gasteiger partial charge in [-0.1, -0.05) is 19.1 Å². The van der Waals surface area contributed by atoms with Crippen LogP contribution in [0.5, 0.6) is 11.5 Å². The van der Waals surface area contributed by atoms with E-state index < -0.39 is 0 Å². The molecule has 0 aromatic heterocycles. The predicted molar refractivity (Wildman–Crippen MR) is 90.1 cm³/mol. The Morgan fingerprint density at radius 1 is 1.04 bits per heavy atom. The summed E-state index contributed by atoms with van der Waals surface area (Å²) in [5.41, 5.74) is 3.00. The minimum atomic E-state index is -0.0116. The van der Waals surface area contributed by atoms with Crippen molar-refractivity contribution in [1.29, 1.82) is 0 Å². The van der Waals surface area contributed by atoms with E-state index >= 15 is 0 Å². The van der Waals surface area contributed by atoms with Crippen molar-refractivity contribution in [2.75, 3.05) is 24.0 Å². The predicted octanol–water partition coefficient (Wildman–Crippen LogP) is 3.42. The number of hydrogen-bond acceptors (Lipinski definition) is 4. The first-order valence-electron chi connectivity index (χ1n) is 7.77. The van der Waals surface area contributed by atoms with Crippen LogP contribution in [0.2, 0.25) is 0 Å². The molecule has 1 aliphatic rings. The SMILES string of the molecule is CCc1ccc(NC(=O)CCNc2ccc3c(c2)OCO3)cc1. The number of anilines is 2. The van der Waals surface area contributed by atoms with Crippen molar-refractivity contribution in [3.63, 3.8) is 0 Å². The van der Waals surface area contributed by atoms with Gasteiger partial charge in [0.25, 0.3) is 0 Å². The summed E-state index contributed by atoms with van der Waals surface area (Å²) in [6.07, 6.45) is 1.39. The van der Waals surface area contributed by atoms with Crippen LogP contribution in [0.4, 0.5) is 11.4 Å². The highest BCUT2D eigenvalue weighted by molar-refractivity contribution is 5.91. The maximum atomic E-state index is 11.9. The maximum Gasteiger partial charge on any atom is 0.231 e. The lowest BCUT2D eigenvalue weighted by molar-refractivity contribution is -0.115. The van der Waals surface area contributed by atoms with E-state index in [0.717, 1.165) is 29.3 Å². The molecule has 3 rings (SSSR count). The highest BCUT2D eigenvalue weighted by Gasteiger charge is 2.13. The van der Waals surface area contributed by atoms with Crippen LogP contribution < -0.4 is 20.1 Å². The van der Waals surface area contributed by atoms with Crippen LogP contribution in [0.3, 0.4) is 0 Å². The van der Waals surface area contributed by atoms with Gasteiger partial charge in [-0.3, -0.25) is 4.79 Å². The normalized spacial score (nSPS) is 12.0. The fraction of sp³-hybridized carbons (Fsp3) is 0.278. The van der Waals surface area contributed by atoms with Crippen molar-refractivity contribution in [3.05, 3.63) is 48.0 Å². The van der Waals surface area contributed by atoms with E-state index in [-0.39, 0.29) is 12.7 Å². The zero-order valence-electron chi connectivity index (χ0n) is 13.1. The third-order valence-corrected chi connectivity index (χ3v) is 3.70. The monoisotopic (exact) mass is 312 g/mol. The third kappa shape index (κ3) is 3.94. The van der Waals surface area contributed by atoms with Crippen LogP contribution in [0.1, 0.15) is 18.9 Å². The Labute approximate surface area is 135 Å². The van der Waals surface area contributed by atoms with E-state index in [4.69, 9.17) is 9.47 Å².